The Bertz CT molecular complexity index is 549. The zero-order valence-corrected chi connectivity index (χ0v) is 11.6. The zero-order valence-electron chi connectivity index (χ0n) is 11.6. The molecule has 6 nitrogen and oxygen atoms in total. The normalized spacial score (nSPS) is 25.6. The monoisotopic (exact) mass is 290 g/mol. The third kappa shape index (κ3) is 2.84. The third-order valence-electron chi connectivity index (χ3n) is 4.52. The van der Waals surface area contributed by atoms with E-state index in [0.717, 1.165) is 12.8 Å². The fourth-order valence-electron chi connectivity index (χ4n) is 3.09. The van der Waals surface area contributed by atoms with Crippen LogP contribution in [0, 0.1) is 16.0 Å². The zero-order chi connectivity index (χ0) is 15.0. The van der Waals surface area contributed by atoms with E-state index in [4.69, 9.17) is 0 Å². The van der Waals surface area contributed by atoms with Crippen LogP contribution in [-0.2, 0) is 4.79 Å². The van der Waals surface area contributed by atoms with E-state index in [1.54, 1.807) is 17.0 Å². The fourth-order valence-corrected chi connectivity index (χ4v) is 3.09. The second-order valence-corrected chi connectivity index (χ2v) is 5.89. The lowest BCUT2D eigenvalue weighted by Gasteiger charge is -2.32. The Morgan fingerprint density at radius 3 is 2.38 bits per heavy atom. The molecule has 0 aromatic heterocycles. The number of nitro groups is 1. The predicted octanol–water partition coefficient (Wildman–Crippen LogP) is 1.76. The van der Waals surface area contributed by atoms with Crippen molar-refractivity contribution < 1.29 is 14.8 Å². The van der Waals surface area contributed by atoms with Crippen molar-refractivity contribution in [2.45, 2.75) is 31.2 Å². The van der Waals surface area contributed by atoms with Gasteiger partial charge in [0.15, 0.2) is 0 Å². The Labute approximate surface area is 122 Å². The molecule has 1 N–H and O–H groups in total. The molecular weight excluding hydrogens is 272 g/mol. The average molecular weight is 290 g/mol. The summed E-state index contributed by atoms with van der Waals surface area (Å²) in [6.07, 6.45) is 2.13. The van der Waals surface area contributed by atoms with Crippen LogP contribution in [0.2, 0.25) is 0 Å². The van der Waals surface area contributed by atoms with E-state index in [-0.39, 0.29) is 16.6 Å². The van der Waals surface area contributed by atoms with Crippen molar-refractivity contribution in [3.05, 3.63) is 39.9 Å². The maximum absolute atomic E-state index is 12.2. The van der Waals surface area contributed by atoms with Crippen molar-refractivity contribution in [2.75, 3.05) is 13.1 Å². The largest absolute Gasteiger partial charge is 0.508 e. The van der Waals surface area contributed by atoms with Crippen molar-refractivity contribution in [1.29, 1.82) is 0 Å². The Kier molecular flexibility index (Phi) is 3.53. The molecule has 1 aliphatic heterocycles. The average Bonchev–Trinajstić information content (AvgIpc) is 3.28. The first-order valence-electron chi connectivity index (χ1n) is 7.27. The van der Waals surface area contributed by atoms with Gasteiger partial charge in [0.05, 0.1) is 0 Å². The number of amides is 1. The van der Waals surface area contributed by atoms with Crippen molar-refractivity contribution in [3.8, 4) is 5.75 Å². The smallest absolute Gasteiger partial charge is 0.232 e. The summed E-state index contributed by atoms with van der Waals surface area (Å²) in [7, 11) is 0. The quantitative estimate of drug-likeness (QED) is 0.679. The van der Waals surface area contributed by atoms with Gasteiger partial charge >= 0.3 is 0 Å². The molecule has 1 aromatic carbocycles. The Balaban J connectivity index is 1.54. The molecule has 1 amide bonds. The molecule has 2 atom stereocenters. The van der Waals surface area contributed by atoms with Gasteiger partial charge in [0.2, 0.25) is 11.9 Å². The molecule has 1 aromatic rings. The molecule has 21 heavy (non-hydrogen) atoms. The third-order valence-corrected chi connectivity index (χ3v) is 4.52. The minimum Gasteiger partial charge on any atom is -0.508 e. The summed E-state index contributed by atoms with van der Waals surface area (Å²) in [6, 6.07) is 6.53. The van der Waals surface area contributed by atoms with Gasteiger partial charge in [-0.2, -0.15) is 0 Å². The van der Waals surface area contributed by atoms with Gasteiger partial charge in [-0.15, -0.1) is 0 Å². The maximum Gasteiger partial charge on any atom is 0.232 e. The number of rotatable bonds is 3. The first-order valence-corrected chi connectivity index (χ1v) is 7.27. The lowest BCUT2D eigenvalue weighted by atomic mass is 9.89. The summed E-state index contributed by atoms with van der Waals surface area (Å²) in [5.41, 5.74) is 1.18. The molecule has 2 unspecified atom stereocenters. The number of hydrogen-bond acceptors (Lipinski definition) is 4. The van der Waals surface area contributed by atoms with E-state index in [1.807, 2.05) is 12.1 Å². The number of benzene rings is 1. The molecule has 3 rings (SSSR count). The van der Waals surface area contributed by atoms with Crippen molar-refractivity contribution in [2.24, 2.45) is 5.92 Å². The number of aromatic hydroxyl groups is 1. The fraction of sp³-hybridized carbons (Fsp3) is 0.533. The number of likely N-dealkylation sites (tertiary alicyclic amines) is 1. The number of piperidine rings is 1. The highest BCUT2D eigenvalue weighted by Gasteiger charge is 2.54. The number of carbonyl (C=O) groups excluding carboxylic acids is 1. The summed E-state index contributed by atoms with van der Waals surface area (Å²) in [4.78, 5) is 24.2. The summed E-state index contributed by atoms with van der Waals surface area (Å²) in [6.45, 7) is 1.32. The van der Waals surface area contributed by atoms with Crippen molar-refractivity contribution in [3.63, 3.8) is 0 Å². The van der Waals surface area contributed by atoms with Gasteiger partial charge in [0.1, 0.15) is 11.7 Å². The van der Waals surface area contributed by atoms with Gasteiger partial charge in [-0.25, -0.2) is 0 Å². The number of hydrogen-bond donors (Lipinski definition) is 1. The van der Waals surface area contributed by atoms with Crippen LogP contribution in [-0.4, -0.2) is 40.0 Å². The molecule has 0 spiro atoms. The SMILES string of the molecule is O=C(C1CC1[N+](=O)[O-])N1CCC(c2ccc(O)cc2)CC1. The highest BCUT2D eigenvalue weighted by molar-refractivity contribution is 5.82. The molecule has 1 saturated carbocycles. The number of phenolic OH excluding ortho intramolecular Hbond substituents is 1. The minimum absolute atomic E-state index is 0.0548. The van der Waals surface area contributed by atoms with Crippen LogP contribution >= 0.6 is 0 Å². The molecule has 112 valence electrons. The first-order chi connectivity index (χ1) is 10.1. The number of nitrogens with zero attached hydrogens (tertiary/aromatic N) is 2. The highest BCUT2D eigenvalue weighted by atomic mass is 16.6. The van der Waals surface area contributed by atoms with Crippen LogP contribution in [0.5, 0.6) is 5.75 Å². The van der Waals surface area contributed by atoms with Crippen LogP contribution in [0.15, 0.2) is 24.3 Å². The van der Waals surface area contributed by atoms with Crippen LogP contribution < -0.4 is 0 Å². The second kappa shape index (κ2) is 5.35. The van der Waals surface area contributed by atoms with Gasteiger partial charge in [-0.3, -0.25) is 14.9 Å². The molecule has 1 saturated heterocycles. The number of phenols is 1. The summed E-state index contributed by atoms with van der Waals surface area (Å²) < 4.78 is 0. The topological polar surface area (TPSA) is 83.7 Å². The molecule has 0 bridgehead atoms. The Morgan fingerprint density at radius 2 is 1.86 bits per heavy atom. The standard InChI is InChI=1S/C15H18N2O4/c18-12-3-1-10(2-4-12)11-5-7-16(8-6-11)15(19)13-9-14(13)17(20)21/h1-4,11,13-14,18H,5-9H2. The van der Waals surface area contributed by atoms with Gasteiger partial charge in [-0.1, -0.05) is 12.1 Å². The van der Waals surface area contributed by atoms with Crippen molar-refractivity contribution in [1.82, 2.24) is 4.90 Å². The van der Waals surface area contributed by atoms with Gasteiger partial charge < -0.3 is 10.0 Å². The number of carbonyl (C=O) groups is 1. The predicted molar refractivity (Wildman–Crippen MR) is 75.6 cm³/mol. The van der Waals surface area contributed by atoms with Gasteiger partial charge in [0, 0.05) is 24.4 Å². The second-order valence-electron chi connectivity index (χ2n) is 5.89. The molecular formula is C15H18N2O4. The lowest BCUT2D eigenvalue weighted by Crippen LogP contribution is -2.39. The van der Waals surface area contributed by atoms with E-state index in [2.05, 4.69) is 0 Å². The van der Waals surface area contributed by atoms with Crippen LogP contribution in [0.3, 0.4) is 0 Å². The van der Waals surface area contributed by atoms with Crippen molar-refractivity contribution >= 4 is 5.91 Å². The first kappa shape index (κ1) is 13.9. The van der Waals surface area contributed by atoms with E-state index >= 15 is 0 Å². The highest BCUT2D eigenvalue weighted by Crippen LogP contribution is 2.37. The molecule has 1 aliphatic carbocycles. The summed E-state index contributed by atoms with van der Waals surface area (Å²) in [5, 5.41) is 19.9. The Hall–Kier alpha value is -2.11. The molecule has 2 aliphatic rings. The molecule has 6 heteroatoms. The molecule has 0 radical (unpaired) electrons. The minimum atomic E-state index is -0.660. The summed E-state index contributed by atoms with van der Waals surface area (Å²) >= 11 is 0. The lowest BCUT2D eigenvalue weighted by molar-refractivity contribution is -0.497. The van der Waals surface area contributed by atoms with Gasteiger partial charge in [0.25, 0.3) is 0 Å². The van der Waals surface area contributed by atoms with Crippen LogP contribution in [0.1, 0.15) is 30.7 Å². The van der Waals surface area contributed by atoms with E-state index < -0.39 is 12.0 Å². The molecule has 2 fully saturated rings. The molecule has 1 heterocycles. The van der Waals surface area contributed by atoms with Crippen LogP contribution in [0.4, 0.5) is 0 Å². The van der Waals surface area contributed by atoms with Gasteiger partial charge in [-0.05, 0) is 36.5 Å². The Morgan fingerprint density at radius 1 is 1.24 bits per heavy atom. The van der Waals surface area contributed by atoms with E-state index in [1.165, 1.54) is 5.56 Å². The van der Waals surface area contributed by atoms with E-state index in [0.29, 0.717) is 25.4 Å². The van der Waals surface area contributed by atoms with Crippen LogP contribution in [0.25, 0.3) is 0 Å². The summed E-state index contributed by atoms with van der Waals surface area (Å²) in [5.74, 6) is 0.192. The maximum atomic E-state index is 12.2. The van der Waals surface area contributed by atoms with E-state index in [9.17, 15) is 20.0 Å².